The summed E-state index contributed by atoms with van der Waals surface area (Å²) in [6.45, 7) is 0.0768. The molecule has 1 atom stereocenters. The number of benzene rings is 2. The molecule has 1 unspecified atom stereocenters. The predicted octanol–water partition coefficient (Wildman–Crippen LogP) is 2.71. The molecule has 21 heavy (non-hydrogen) atoms. The van der Waals surface area contributed by atoms with E-state index in [-0.39, 0.29) is 23.7 Å². The summed E-state index contributed by atoms with van der Waals surface area (Å²) in [5, 5.41) is 9.00. The van der Waals surface area contributed by atoms with E-state index in [2.05, 4.69) is 0 Å². The van der Waals surface area contributed by atoms with Crippen molar-refractivity contribution in [1.29, 1.82) is 0 Å². The molecular weight excluding hydrogens is 295 g/mol. The molecule has 0 bridgehead atoms. The first-order valence-corrected chi connectivity index (χ1v) is 7.49. The second-order valence-electron chi connectivity index (χ2n) is 4.16. The minimum absolute atomic E-state index is 0.0500. The van der Waals surface area contributed by atoms with Gasteiger partial charge in [0.25, 0.3) is 0 Å². The second kappa shape index (κ2) is 6.99. The van der Waals surface area contributed by atoms with Crippen LogP contribution in [-0.4, -0.2) is 27.6 Å². The number of ether oxygens (including phenoxy) is 1. The van der Waals surface area contributed by atoms with Gasteiger partial charge in [0.2, 0.25) is 0 Å². The lowest BCUT2D eigenvalue weighted by Crippen LogP contribution is -2.11. The molecule has 0 saturated carbocycles. The van der Waals surface area contributed by atoms with Crippen LogP contribution in [-0.2, 0) is 10.8 Å². The normalized spacial score (nSPS) is 11.9. The van der Waals surface area contributed by atoms with Crippen LogP contribution >= 0.6 is 0 Å². The average Bonchev–Trinajstić information content (AvgIpc) is 2.47. The molecule has 2 aromatic carbocycles. The number of hydrogen-bond donors (Lipinski definition) is 1. The van der Waals surface area contributed by atoms with Crippen LogP contribution in [0.2, 0.25) is 0 Å². The molecule has 0 heterocycles. The number of para-hydroxylation sites is 1. The highest BCUT2D eigenvalue weighted by Crippen LogP contribution is 2.18. The number of rotatable bonds is 6. The first-order valence-electron chi connectivity index (χ1n) is 6.17. The molecule has 0 aromatic heterocycles. The van der Waals surface area contributed by atoms with Crippen LogP contribution in [0.25, 0.3) is 0 Å². The van der Waals surface area contributed by atoms with Gasteiger partial charge in [-0.15, -0.1) is 0 Å². The maximum atomic E-state index is 13.0. The van der Waals surface area contributed by atoms with Crippen molar-refractivity contribution in [3.63, 3.8) is 0 Å². The fourth-order valence-corrected chi connectivity index (χ4v) is 2.67. The Bertz CT molecular complexity index is 672. The number of carboxylic acid groups (broad SMARTS) is 1. The molecule has 0 aliphatic rings. The zero-order valence-corrected chi connectivity index (χ0v) is 11.8. The molecule has 2 rings (SSSR count). The fourth-order valence-electron chi connectivity index (χ4n) is 1.72. The third-order valence-electron chi connectivity index (χ3n) is 2.70. The maximum Gasteiger partial charge on any atom is 0.339 e. The molecule has 0 radical (unpaired) electrons. The van der Waals surface area contributed by atoms with Gasteiger partial charge in [-0.25, -0.2) is 9.18 Å². The topological polar surface area (TPSA) is 63.6 Å². The molecule has 0 spiro atoms. The maximum absolute atomic E-state index is 13.0. The van der Waals surface area contributed by atoms with Crippen LogP contribution in [0.15, 0.2) is 53.4 Å². The van der Waals surface area contributed by atoms with E-state index in [9.17, 15) is 13.4 Å². The molecule has 1 N–H and O–H groups in total. The summed E-state index contributed by atoms with van der Waals surface area (Å²) in [7, 11) is -1.40. The van der Waals surface area contributed by atoms with Crippen molar-refractivity contribution in [3.05, 3.63) is 59.9 Å². The summed E-state index contributed by atoms with van der Waals surface area (Å²) in [5.41, 5.74) is 0.0500. The molecule has 0 aliphatic heterocycles. The minimum atomic E-state index is -1.40. The summed E-state index contributed by atoms with van der Waals surface area (Å²) in [6, 6.07) is 11.8. The Balaban J connectivity index is 1.96. The van der Waals surface area contributed by atoms with Crippen molar-refractivity contribution in [1.82, 2.24) is 0 Å². The van der Waals surface area contributed by atoms with Gasteiger partial charge in [-0.3, -0.25) is 4.21 Å². The number of aromatic carboxylic acids is 1. The standard InChI is InChI=1S/C15H13FO4S/c16-11-4-3-5-12(10-11)21(19)9-8-20-14-7-2-1-6-13(14)15(17)18/h1-7,10H,8-9H2,(H,17,18). The van der Waals surface area contributed by atoms with E-state index in [1.54, 1.807) is 18.2 Å². The van der Waals surface area contributed by atoms with Crippen molar-refractivity contribution in [3.8, 4) is 5.75 Å². The molecule has 2 aromatic rings. The van der Waals surface area contributed by atoms with Gasteiger partial charge < -0.3 is 9.84 Å². The van der Waals surface area contributed by atoms with Gasteiger partial charge in [-0.05, 0) is 30.3 Å². The molecule has 0 saturated heterocycles. The monoisotopic (exact) mass is 308 g/mol. The van der Waals surface area contributed by atoms with Crippen molar-refractivity contribution >= 4 is 16.8 Å². The molecular formula is C15H13FO4S. The van der Waals surface area contributed by atoms with E-state index >= 15 is 0 Å². The van der Waals surface area contributed by atoms with Crippen LogP contribution in [0.1, 0.15) is 10.4 Å². The summed E-state index contributed by atoms with van der Waals surface area (Å²) < 4.78 is 30.3. The van der Waals surface area contributed by atoms with E-state index < -0.39 is 22.6 Å². The summed E-state index contributed by atoms with van der Waals surface area (Å²) in [5.74, 6) is -1.16. The van der Waals surface area contributed by atoms with Gasteiger partial charge in [0, 0.05) is 4.90 Å². The molecule has 110 valence electrons. The third kappa shape index (κ3) is 4.13. The Kier molecular flexibility index (Phi) is 5.05. The predicted molar refractivity (Wildman–Crippen MR) is 76.6 cm³/mol. The molecule has 0 aliphatic carbocycles. The molecule has 4 nitrogen and oxygen atoms in total. The fraction of sp³-hybridized carbons (Fsp3) is 0.133. The summed E-state index contributed by atoms with van der Waals surface area (Å²) in [4.78, 5) is 11.4. The van der Waals surface area contributed by atoms with Gasteiger partial charge >= 0.3 is 5.97 Å². The molecule has 6 heteroatoms. The van der Waals surface area contributed by atoms with Gasteiger partial charge in [-0.2, -0.15) is 0 Å². The number of halogens is 1. The van der Waals surface area contributed by atoms with Crippen LogP contribution in [0.4, 0.5) is 4.39 Å². The smallest absolute Gasteiger partial charge is 0.339 e. The summed E-state index contributed by atoms with van der Waals surface area (Å²) >= 11 is 0. The third-order valence-corrected chi connectivity index (χ3v) is 4.02. The van der Waals surface area contributed by atoms with Gasteiger partial charge in [-0.1, -0.05) is 18.2 Å². The lowest BCUT2D eigenvalue weighted by molar-refractivity contribution is 0.0692. The highest BCUT2D eigenvalue weighted by atomic mass is 32.2. The van der Waals surface area contributed by atoms with E-state index in [1.165, 1.54) is 30.3 Å². The first-order chi connectivity index (χ1) is 10.1. The quantitative estimate of drug-likeness (QED) is 0.891. The lowest BCUT2D eigenvalue weighted by atomic mass is 10.2. The zero-order valence-electron chi connectivity index (χ0n) is 11.0. The highest BCUT2D eigenvalue weighted by Gasteiger charge is 2.11. The van der Waals surface area contributed by atoms with Gasteiger partial charge in [0.15, 0.2) is 0 Å². The van der Waals surface area contributed by atoms with Crippen LogP contribution in [0, 0.1) is 5.82 Å². The van der Waals surface area contributed by atoms with Gasteiger partial charge in [0.05, 0.1) is 16.6 Å². The van der Waals surface area contributed by atoms with E-state index in [0.717, 1.165) is 0 Å². The van der Waals surface area contributed by atoms with Crippen LogP contribution in [0.5, 0.6) is 5.75 Å². The Morgan fingerprint density at radius 1 is 1.19 bits per heavy atom. The van der Waals surface area contributed by atoms with Crippen molar-refractivity contribution in [2.75, 3.05) is 12.4 Å². The molecule has 0 amide bonds. The second-order valence-corrected chi connectivity index (χ2v) is 5.73. The zero-order chi connectivity index (χ0) is 15.2. The number of carboxylic acids is 1. The largest absolute Gasteiger partial charge is 0.492 e. The first kappa shape index (κ1) is 15.2. The lowest BCUT2D eigenvalue weighted by Gasteiger charge is -2.08. The Morgan fingerprint density at radius 3 is 2.67 bits per heavy atom. The summed E-state index contributed by atoms with van der Waals surface area (Å²) in [6.07, 6.45) is 0. The van der Waals surface area contributed by atoms with E-state index in [1.807, 2.05) is 0 Å². The van der Waals surface area contributed by atoms with E-state index in [0.29, 0.717) is 4.90 Å². The Morgan fingerprint density at radius 2 is 1.95 bits per heavy atom. The van der Waals surface area contributed by atoms with Crippen molar-refractivity contribution < 1.29 is 23.2 Å². The minimum Gasteiger partial charge on any atom is -0.492 e. The van der Waals surface area contributed by atoms with E-state index in [4.69, 9.17) is 9.84 Å². The van der Waals surface area contributed by atoms with Crippen molar-refractivity contribution in [2.24, 2.45) is 0 Å². The van der Waals surface area contributed by atoms with Crippen molar-refractivity contribution in [2.45, 2.75) is 4.90 Å². The molecule has 0 fully saturated rings. The highest BCUT2D eigenvalue weighted by molar-refractivity contribution is 7.85. The van der Waals surface area contributed by atoms with Gasteiger partial charge in [0.1, 0.15) is 23.7 Å². The number of hydrogen-bond acceptors (Lipinski definition) is 3. The Hall–Kier alpha value is -2.21. The number of carbonyl (C=O) groups is 1. The van der Waals surface area contributed by atoms with Crippen LogP contribution < -0.4 is 4.74 Å². The average molecular weight is 308 g/mol. The SMILES string of the molecule is O=C(O)c1ccccc1OCCS(=O)c1cccc(F)c1. The van der Waals surface area contributed by atoms with Crippen LogP contribution in [0.3, 0.4) is 0 Å². The Labute approximate surface area is 123 Å².